The van der Waals surface area contributed by atoms with Crippen molar-refractivity contribution in [2.24, 2.45) is 0 Å². The molecule has 0 bridgehead atoms. The molecule has 0 aromatic carbocycles. The average Bonchev–Trinajstić information content (AvgIpc) is 3.04. The molecular weight excluding hydrogens is 316 g/mol. The lowest BCUT2D eigenvalue weighted by molar-refractivity contribution is 0.179. The highest BCUT2D eigenvalue weighted by atomic mass is 32.1. The Balaban J connectivity index is 1.64. The van der Waals surface area contributed by atoms with Crippen molar-refractivity contribution in [2.75, 3.05) is 43.1 Å². The Labute approximate surface area is 138 Å². The van der Waals surface area contributed by atoms with Crippen molar-refractivity contribution in [1.82, 2.24) is 19.1 Å². The zero-order chi connectivity index (χ0) is 16.2. The van der Waals surface area contributed by atoms with E-state index in [0.717, 1.165) is 43.0 Å². The van der Waals surface area contributed by atoms with Gasteiger partial charge in [0, 0.05) is 57.4 Å². The van der Waals surface area contributed by atoms with Crippen molar-refractivity contribution in [2.45, 2.75) is 20.1 Å². The molecule has 1 aliphatic heterocycles. The molecule has 0 amide bonds. The van der Waals surface area contributed by atoms with E-state index in [1.54, 1.807) is 19.2 Å². The van der Waals surface area contributed by atoms with Crippen LogP contribution in [0.2, 0.25) is 0 Å². The van der Waals surface area contributed by atoms with Gasteiger partial charge in [0.25, 0.3) is 5.56 Å². The molecular formula is C14H20N6O2S. The van der Waals surface area contributed by atoms with Crippen molar-refractivity contribution in [3.8, 4) is 0 Å². The molecule has 0 aliphatic carbocycles. The van der Waals surface area contributed by atoms with Crippen LogP contribution in [-0.4, -0.2) is 52.4 Å². The van der Waals surface area contributed by atoms with E-state index in [1.165, 1.54) is 16.2 Å². The molecule has 23 heavy (non-hydrogen) atoms. The van der Waals surface area contributed by atoms with Gasteiger partial charge in [-0.05, 0) is 13.0 Å². The van der Waals surface area contributed by atoms with Crippen LogP contribution >= 0.6 is 11.5 Å². The van der Waals surface area contributed by atoms with Gasteiger partial charge in [-0.1, -0.05) is 0 Å². The topological polar surface area (TPSA) is 76.4 Å². The third-order valence-corrected chi connectivity index (χ3v) is 4.57. The number of nitrogens with zero attached hydrogens (tertiary/aromatic N) is 6. The molecule has 3 heterocycles. The molecule has 1 aliphatic rings. The van der Waals surface area contributed by atoms with Gasteiger partial charge >= 0.3 is 0 Å². The Kier molecular flexibility index (Phi) is 4.87. The molecule has 0 spiro atoms. The van der Waals surface area contributed by atoms with Gasteiger partial charge in [0.15, 0.2) is 5.82 Å². The minimum atomic E-state index is -0.0607. The highest BCUT2D eigenvalue weighted by Crippen LogP contribution is 2.20. The normalized spacial score (nSPS) is 15.2. The fraction of sp³-hybridized carbons (Fsp3) is 0.571. The van der Waals surface area contributed by atoms with Gasteiger partial charge in [-0.2, -0.15) is 9.47 Å². The van der Waals surface area contributed by atoms with E-state index < -0.39 is 0 Å². The summed E-state index contributed by atoms with van der Waals surface area (Å²) in [5, 5.41) is 5.34. The van der Waals surface area contributed by atoms with Crippen LogP contribution in [-0.2, 0) is 17.9 Å². The summed E-state index contributed by atoms with van der Waals surface area (Å²) in [5.41, 5.74) is -0.0607. The van der Waals surface area contributed by atoms with E-state index in [4.69, 9.17) is 4.74 Å². The summed E-state index contributed by atoms with van der Waals surface area (Å²) in [6.07, 6.45) is 0. The molecule has 0 unspecified atom stereocenters. The highest BCUT2D eigenvalue weighted by molar-refractivity contribution is 7.09. The largest absolute Gasteiger partial charge is 0.377 e. The first-order valence-electron chi connectivity index (χ1n) is 7.61. The molecule has 9 heteroatoms. The van der Waals surface area contributed by atoms with Gasteiger partial charge in [0.1, 0.15) is 12.4 Å². The smallest absolute Gasteiger partial charge is 0.266 e. The summed E-state index contributed by atoms with van der Waals surface area (Å²) < 4.78 is 10.8. The van der Waals surface area contributed by atoms with Crippen molar-refractivity contribution in [1.29, 1.82) is 0 Å². The third-order valence-electron chi connectivity index (χ3n) is 3.76. The maximum atomic E-state index is 11.6. The lowest BCUT2D eigenvalue weighted by atomic mass is 10.3. The minimum absolute atomic E-state index is 0.0607. The summed E-state index contributed by atoms with van der Waals surface area (Å²) in [6.45, 7) is 6.34. The molecule has 3 rings (SSSR count). The van der Waals surface area contributed by atoms with Gasteiger partial charge in [-0.25, -0.2) is 9.67 Å². The maximum Gasteiger partial charge on any atom is 0.266 e. The molecule has 2 aromatic heterocycles. The van der Waals surface area contributed by atoms with E-state index in [2.05, 4.69) is 24.3 Å². The van der Waals surface area contributed by atoms with Crippen LogP contribution in [0.3, 0.4) is 0 Å². The Hall–Kier alpha value is -2.00. The van der Waals surface area contributed by atoms with Crippen LogP contribution in [0.5, 0.6) is 0 Å². The van der Waals surface area contributed by atoms with E-state index in [9.17, 15) is 4.79 Å². The van der Waals surface area contributed by atoms with E-state index >= 15 is 0 Å². The molecule has 1 fully saturated rings. The number of rotatable bonds is 5. The summed E-state index contributed by atoms with van der Waals surface area (Å²) in [6, 6.07) is 3.38. The van der Waals surface area contributed by atoms with Gasteiger partial charge < -0.3 is 14.5 Å². The zero-order valence-electron chi connectivity index (χ0n) is 13.3. The van der Waals surface area contributed by atoms with Crippen LogP contribution in [0, 0.1) is 0 Å². The van der Waals surface area contributed by atoms with Crippen molar-refractivity contribution < 1.29 is 4.74 Å². The number of ether oxygens (including phenoxy) is 1. The van der Waals surface area contributed by atoms with Crippen LogP contribution < -0.4 is 15.4 Å². The molecule has 1 saturated heterocycles. The first-order valence-corrected chi connectivity index (χ1v) is 8.38. The summed E-state index contributed by atoms with van der Waals surface area (Å²) in [5.74, 6) is 1.58. The monoisotopic (exact) mass is 336 g/mol. The Morgan fingerprint density at radius 2 is 1.96 bits per heavy atom. The Bertz CT molecular complexity index is 707. The molecule has 2 aromatic rings. The number of anilines is 2. The molecule has 0 N–H and O–H groups in total. The molecule has 124 valence electrons. The lowest BCUT2D eigenvalue weighted by Gasteiger charge is -2.35. The van der Waals surface area contributed by atoms with Crippen LogP contribution in [0.1, 0.15) is 12.7 Å². The first-order chi connectivity index (χ1) is 11.2. The van der Waals surface area contributed by atoms with Crippen LogP contribution in [0.25, 0.3) is 0 Å². The first kappa shape index (κ1) is 15.9. The number of aromatic nitrogens is 4. The summed E-state index contributed by atoms with van der Waals surface area (Å²) in [7, 11) is 1.64. The van der Waals surface area contributed by atoms with Crippen LogP contribution in [0.15, 0.2) is 16.9 Å². The van der Waals surface area contributed by atoms with Gasteiger partial charge in [0.05, 0.1) is 0 Å². The molecule has 0 atom stereocenters. The Morgan fingerprint density at radius 3 is 2.65 bits per heavy atom. The van der Waals surface area contributed by atoms with Crippen molar-refractivity contribution >= 4 is 22.5 Å². The fourth-order valence-corrected chi connectivity index (χ4v) is 3.25. The number of aryl methyl sites for hydroxylation is 1. The predicted octanol–water partition coefficient (Wildman–Crippen LogP) is 0.588. The van der Waals surface area contributed by atoms with E-state index in [0.29, 0.717) is 13.2 Å². The standard InChI is InChI=1S/C14H20N6O2S/c1-3-20-13(21)5-4-12(16-20)18-6-8-19(9-7-18)14-15-11(10-22-2)17-23-14/h4-5H,3,6-10H2,1-2H3. The molecule has 0 saturated carbocycles. The molecule has 8 nitrogen and oxygen atoms in total. The van der Waals surface area contributed by atoms with Crippen LogP contribution in [0.4, 0.5) is 10.9 Å². The maximum absolute atomic E-state index is 11.6. The van der Waals surface area contributed by atoms with Crippen molar-refractivity contribution in [3.63, 3.8) is 0 Å². The number of hydrogen-bond donors (Lipinski definition) is 0. The third kappa shape index (κ3) is 3.50. The second-order valence-corrected chi connectivity index (χ2v) is 5.98. The SMILES string of the molecule is CCn1nc(N2CCN(c3nc(COC)ns3)CC2)ccc1=O. The average molecular weight is 336 g/mol. The van der Waals surface area contributed by atoms with E-state index in [1.807, 2.05) is 6.92 Å². The predicted molar refractivity (Wildman–Crippen MR) is 89.2 cm³/mol. The second-order valence-electron chi connectivity index (χ2n) is 5.25. The van der Waals surface area contributed by atoms with E-state index in [-0.39, 0.29) is 5.56 Å². The van der Waals surface area contributed by atoms with Gasteiger partial charge in [-0.3, -0.25) is 4.79 Å². The summed E-state index contributed by atoms with van der Waals surface area (Å²) >= 11 is 1.41. The Morgan fingerprint density at radius 1 is 1.22 bits per heavy atom. The molecule has 0 radical (unpaired) electrons. The number of piperazine rings is 1. The lowest BCUT2D eigenvalue weighted by Crippen LogP contribution is -2.47. The number of methoxy groups -OCH3 is 1. The fourth-order valence-electron chi connectivity index (χ4n) is 2.52. The van der Waals surface area contributed by atoms with Gasteiger partial charge in [0.2, 0.25) is 5.13 Å². The second kappa shape index (κ2) is 7.05. The summed E-state index contributed by atoms with van der Waals surface area (Å²) in [4.78, 5) is 20.5. The number of hydrogen-bond acceptors (Lipinski definition) is 8. The highest BCUT2D eigenvalue weighted by Gasteiger charge is 2.21. The minimum Gasteiger partial charge on any atom is -0.377 e. The van der Waals surface area contributed by atoms with Gasteiger partial charge in [-0.15, -0.1) is 0 Å². The zero-order valence-corrected chi connectivity index (χ0v) is 14.1. The van der Waals surface area contributed by atoms with Crippen molar-refractivity contribution in [3.05, 3.63) is 28.3 Å². The quantitative estimate of drug-likeness (QED) is 0.791.